The van der Waals surface area contributed by atoms with E-state index in [4.69, 9.17) is 32.7 Å². The molecule has 0 atom stereocenters. The first kappa shape index (κ1) is 23.6. The van der Waals surface area contributed by atoms with Crippen molar-refractivity contribution in [1.82, 2.24) is 0 Å². The lowest BCUT2D eigenvalue weighted by Gasteiger charge is -2.25. The third-order valence-electron chi connectivity index (χ3n) is 4.96. The minimum atomic E-state index is -0.425. The number of esters is 1. The summed E-state index contributed by atoms with van der Waals surface area (Å²) in [7, 11) is 1.53. The van der Waals surface area contributed by atoms with Gasteiger partial charge in [0.05, 0.1) is 31.4 Å². The molecule has 0 saturated heterocycles. The molecule has 0 aliphatic carbocycles. The number of benzene rings is 3. The normalized spacial score (nSPS) is 10.5. The number of aryl methyl sites for hydroxylation is 1. The van der Waals surface area contributed by atoms with Gasteiger partial charge in [-0.05, 0) is 61.9 Å². The van der Waals surface area contributed by atoms with Crippen molar-refractivity contribution in [1.29, 1.82) is 0 Å². The highest BCUT2D eigenvalue weighted by Gasteiger charge is 2.24. The van der Waals surface area contributed by atoms with Crippen molar-refractivity contribution in [2.75, 3.05) is 18.6 Å². The molecule has 3 aromatic rings. The molecule has 0 saturated carbocycles. The largest absolute Gasteiger partial charge is 0.496 e. The van der Waals surface area contributed by atoms with Gasteiger partial charge < -0.3 is 14.4 Å². The summed E-state index contributed by atoms with van der Waals surface area (Å²) in [5, 5.41) is 0.907. The van der Waals surface area contributed by atoms with Gasteiger partial charge in [-0.15, -0.1) is 0 Å². The second kappa shape index (κ2) is 10.5. The van der Waals surface area contributed by atoms with Gasteiger partial charge in [0.1, 0.15) is 5.75 Å². The summed E-state index contributed by atoms with van der Waals surface area (Å²) in [5.41, 5.74) is 2.83. The van der Waals surface area contributed by atoms with E-state index in [0.717, 1.165) is 5.56 Å². The first-order chi connectivity index (χ1) is 15.4. The number of ether oxygens (including phenoxy) is 2. The Balaban J connectivity index is 2.07. The van der Waals surface area contributed by atoms with Crippen LogP contribution in [-0.4, -0.2) is 25.6 Å². The molecular weight excluding hydrogens is 449 g/mol. The molecule has 0 fully saturated rings. The summed E-state index contributed by atoms with van der Waals surface area (Å²) in [4.78, 5) is 27.3. The zero-order valence-corrected chi connectivity index (χ0v) is 19.5. The van der Waals surface area contributed by atoms with Gasteiger partial charge in [0.15, 0.2) is 0 Å². The average Bonchev–Trinajstić information content (AvgIpc) is 2.78. The number of anilines is 1. The zero-order valence-electron chi connectivity index (χ0n) is 18.0. The fourth-order valence-electron chi connectivity index (χ4n) is 3.35. The van der Waals surface area contributed by atoms with Gasteiger partial charge in [-0.2, -0.15) is 0 Å². The number of para-hydroxylation sites is 1. The lowest BCUT2D eigenvalue weighted by Crippen LogP contribution is -2.31. The van der Waals surface area contributed by atoms with Gasteiger partial charge in [0.25, 0.3) is 5.91 Å². The quantitative estimate of drug-likeness (QED) is 0.377. The van der Waals surface area contributed by atoms with Crippen molar-refractivity contribution in [3.8, 4) is 5.75 Å². The Morgan fingerprint density at radius 2 is 1.56 bits per heavy atom. The Bertz CT molecular complexity index is 1110. The first-order valence-corrected chi connectivity index (χ1v) is 10.8. The Hall–Kier alpha value is -3.02. The predicted molar refractivity (Wildman–Crippen MR) is 127 cm³/mol. The molecule has 5 nitrogen and oxygen atoms in total. The van der Waals surface area contributed by atoms with E-state index in [9.17, 15) is 9.59 Å². The Kier molecular flexibility index (Phi) is 7.78. The van der Waals surface area contributed by atoms with E-state index in [1.54, 1.807) is 66.4 Å². The van der Waals surface area contributed by atoms with E-state index in [2.05, 4.69) is 0 Å². The lowest BCUT2D eigenvalue weighted by molar-refractivity contribution is 0.0526. The minimum Gasteiger partial charge on any atom is -0.496 e. The molecule has 0 aliphatic rings. The van der Waals surface area contributed by atoms with Crippen LogP contribution in [0.3, 0.4) is 0 Å². The molecule has 0 heterocycles. The van der Waals surface area contributed by atoms with E-state index in [1.165, 1.54) is 7.11 Å². The second-order valence-corrected chi connectivity index (χ2v) is 7.83. The van der Waals surface area contributed by atoms with E-state index in [0.29, 0.717) is 38.2 Å². The van der Waals surface area contributed by atoms with E-state index < -0.39 is 5.97 Å². The molecule has 7 heteroatoms. The SMILES string of the molecule is CCOC(=O)c1ccc(N(Cc2c(Cl)cccc2Cl)C(=O)c2cccc(C)c2OC)cc1. The first-order valence-electron chi connectivity index (χ1n) is 10.0. The summed E-state index contributed by atoms with van der Waals surface area (Å²) in [5.74, 6) is -0.215. The highest BCUT2D eigenvalue weighted by atomic mass is 35.5. The molecule has 3 rings (SSSR count). The van der Waals surface area contributed by atoms with E-state index >= 15 is 0 Å². The highest BCUT2D eigenvalue weighted by Crippen LogP contribution is 2.31. The summed E-state index contributed by atoms with van der Waals surface area (Å²) < 4.78 is 10.5. The van der Waals surface area contributed by atoms with Crippen molar-refractivity contribution in [2.24, 2.45) is 0 Å². The molecule has 32 heavy (non-hydrogen) atoms. The third kappa shape index (κ3) is 5.06. The summed E-state index contributed by atoms with van der Waals surface area (Å²) >= 11 is 12.8. The molecular formula is C25H23Cl2NO4. The number of amides is 1. The summed E-state index contributed by atoms with van der Waals surface area (Å²) in [6, 6.07) is 17.2. The van der Waals surface area contributed by atoms with Crippen molar-refractivity contribution >= 4 is 40.8 Å². The van der Waals surface area contributed by atoms with Crippen LogP contribution in [0, 0.1) is 6.92 Å². The van der Waals surface area contributed by atoms with Crippen LogP contribution < -0.4 is 9.64 Å². The number of carbonyl (C=O) groups is 2. The molecule has 0 unspecified atom stereocenters. The van der Waals surface area contributed by atoms with Gasteiger partial charge in [-0.1, -0.05) is 41.4 Å². The number of rotatable bonds is 7. The number of methoxy groups -OCH3 is 1. The maximum atomic E-state index is 13.7. The minimum absolute atomic E-state index is 0.132. The lowest BCUT2D eigenvalue weighted by atomic mass is 10.1. The molecule has 0 N–H and O–H groups in total. The van der Waals surface area contributed by atoms with Gasteiger partial charge in [-0.25, -0.2) is 4.79 Å². The van der Waals surface area contributed by atoms with Crippen LogP contribution in [0.4, 0.5) is 5.69 Å². The predicted octanol–water partition coefficient (Wildman–Crippen LogP) is 6.33. The maximum absolute atomic E-state index is 13.7. The van der Waals surface area contributed by atoms with Crippen LogP contribution in [-0.2, 0) is 11.3 Å². The average molecular weight is 472 g/mol. The maximum Gasteiger partial charge on any atom is 0.338 e. The van der Waals surface area contributed by atoms with Crippen LogP contribution in [0.15, 0.2) is 60.7 Å². The molecule has 0 radical (unpaired) electrons. The highest BCUT2D eigenvalue weighted by molar-refractivity contribution is 6.36. The van der Waals surface area contributed by atoms with Gasteiger partial charge in [0, 0.05) is 21.3 Å². The number of nitrogens with zero attached hydrogens (tertiary/aromatic N) is 1. The molecule has 0 bridgehead atoms. The van der Waals surface area contributed by atoms with Crippen LogP contribution in [0.2, 0.25) is 10.0 Å². The molecule has 1 amide bonds. The Labute approximate surface area is 197 Å². The Morgan fingerprint density at radius 1 is 0.938 bits per heavy atom. The van der Waals surface area contributed by atoms with Crippen LogP contribution >= 0.6 is 23.2 Å². The molecule has 0 aromatic heterocycles. The van der Waals surface area contributed by atoms with Crippen molar-refractivity contribution in [2.45, 2.75) is 20.4 Å². The fourth-order valence-corrected chi connectivity index (χ4v) is 3.87. The summed E-state index contributed by atoms with van der Waals surface area (Å²) in [6.07, 6.45) is 0. The summed E-state index contributed by atoms with van der Waals surface area (Å²) in [6.45, 7) is 4.03. The van der Waals surface area contributed by atoms with Crippen LogP contribution in [0.25, 0.3) is 0 Å². The number of hydrogen-bond donors (Lipinski definition) is 0. The number of hydrogen-bond acceptors (Lipinski definition) is 4. The topological polar surface area (TPSA) is 55.8 Å². The second-order valence-electron chi connectivity index (χ2n) is 7.01. The van der Waals surface area contributed by atoms with Gasteiger partial charge >= 0.3 is 5.97 Å². The van der Waals surface area contributed by atoms with E-state index in [1.807, 2.05) is 13.0 Å². The molecule has 3 aromatic carbocycles. The van der Waals surface area contributed by atoms with Crippen LogP contribution in [0.5, 0.6) is 5.75 Å². The Morgan fingerprint density at radius 3 is 2.16 bits per heavy atom. The third-order valence-corrected chi connectivity index (χ3v) is 5.67. The smallest absolute Gasteiger partial charge is 0.338 e. The monoisotopic (exact) mass is 471 g/mol. The van der Waals surface area contributed by atoms with Gasteiger partial charge in [-0.3, -0.25) is 4.79 Å². The molecule has 0 aliphatic heterocycles. The van der Waals surface area contributed by atoms with Crippen molar-refractivity contribution in [3.05, 3.63) is 93.0 Å². The number of halogens is 2. The van der Waals surface area contributed by atoms with E-state index in [-0.39, 0.29) is 19.1 Å². The van der Waals surface area contributed by atoms with Crippen LogP contribution in [0.1, 0.15) is 38.8 Å². The van der Waals surface area contributed by atoms with Crippen molar-refractivity contribution < 1.29 is 19.1 Å². The zero-order chi connectivity index (χ0) is 23.3. The van der Waals surface area contributed by atoms with Crippen molar-refractivity contribution in [3.63, 3.8) is 0 Å². The molecule has 0 spiro atoms. The fraction of sp³-hybridized carbons (Fsp3) is 0.200. The van der Waals surface area contributed by atoms with Gasteiger partial charge in [0.2, 0.25) is 0 Å². The molecule has 166 valence electrons. The standard InChI is InChI=1S/C25H23Cl2NO4/c1-4-32-25(30)17-11-13-18(14-12-17)28(15-20-21(26)9-6-10-22(20)27)24(29)19-8-5-7-16(2)23(19)31-3/h5-14H,4,15H2,1-3H3. The number of carbonyl (C=O) groups excluding carboxylic acids is 2.